The predicted molar refractivity (Wildman–Crippen MR) is 81.7 cm³/mol. The van der Waals surface area contributed by atoms with Crippen LogP contribution in [0, 0.1) is 0 Å². The van der Waals surface area contributed by atoms with Gasteiger partial charge in [0.15, 0.2) is 5.75 Å². The Labute approximate surface area is 132 Å². The van der Waals surface area contributed by atoms with Crippen molar-refractivity contribution in [2.75, 3.05) is 13.2 Å². The molecule has 0 bridgehead atoms. The van der Waals surface area contributed by atoms with Gasteiger partial charge in [0.2, 0.25) is 0 Å². The van der Waals surface area contributed by atoms with Gasteiger partial charge in [-0.15, -0.1) is 0 Å². The highest BCUT2D eigenvalue weighted by Gasteiger charge is 2.10. The van der Waals surface area contributed by atoms with Crippen molar-refractivity contribution < 1.29 is 9.84 Å². The van der Waals surface area contributed by atoms with Gasteiger partial charge in [-0.3, -0.25) is 0 Å². The number of hydrogen-bond acceptors (Lipinski definition) is 5. The number of nitrogens with one attached hydrogen (secondary N) is 1. The summed E-state index contributed by atoms with van der Waals surface area (Å²) in [6.07, 6.45) is 2.47. The molecule has 0 saturated carbocycles. The Morgan fingerprint density at radius 1 is 1.24 bits per heavy atom. The molecule has 0 aliphatic heterocycles. The highest BCUT2D eigenvalue weighted by molar-refractivity contribution is 6.37. The van der Waals surface area contributed by atoms with Crippen molar-refractivity contribution in [2.24, 2.45) is 0 Å². The van der Waals surface area contributed by atoms with Crippen molar-refractivity contribution in [3.63, 3.8) is 0 Å². The second-order valence-corrected chi connectivity index (χ2v) is 5.16. The zero-order valence-electron chi connectivity index (χ0n) is 11.2. The summed E-state index contributed by atoms with van der Waals surface area (Å²) in [5.74, 6) is 0.385. The van der Waals surface area contributed by atoms with Gasteiger partial charge in [-0.25, -0.2) is 9.97 Å². The van der Waals surface area contributed by atoms with Gasteiger partial charge in [-0.2, -0.15) is 0 Å². The second kappa shape index (κ2) is 8.14. The quantitative estimate of drug-likeness (QED) is 0.816. The van der Waals surface area contributed by atoms with E-state index in [0.29, 0.717) is 28.9 Å². The molecule has 1 unspecified atom stereocenters. The standard InChI is InChI=1S/C14H15Cl2N3O2/c15-12-2-1-3-13(16)14(12)21-8-11(20)7-18-6-10-4-5-17-9-19-10/h1-5,9,11,18,20H,6-8H2. The van der Waals surface area contributed by atoms with Gasteiger partial charge in [-0.05, 0) is 18.2 Å². The van der Waals surface area contributed by atoms with E-state index in [1.807, 2.05) is 0 Å². The summed E-state index contributed by atoms with van der Waals surface area (Å²) >= 11 is 12.0. The first kappa shape index (κ1) is 16.0. The van der Waals surface area contributed by atoms with Crippen LogP contribution < -0.4 is 10.1 Å². The summed E-state index contributed by atoms with van der Waals surface area (Å²) in [5, 5.41) is 13.8. The molecule has 0 saturated heterocycles. The Balaban J connectivity index is 1.74. The zero-order valence-corrected chi connectivity index (χ0v) is 12.7. The van der Waals surface area contributed by atoms with Crippen LogP contribution in [0.3, 0.4) is 0 Å². The Morgan fingerprint density at radius 3 is 2.67 bits per heavy atom. The van der Waals surface area contributed by atoms with Crippen molar-refractivity contribution >= 4 is 23.2 Å². The van der Waals surface area contributed by atoms with Crippen molar-refractivity contribution in [1.29, 1.82) is 0 Å². The van der Waals surface area contributed by atoms with Crippen LogP contribution in [0.15, 0.2) is 36.8 Å². The number of aliphatic hydroxyl groups is 1. The molecule has 1 aromatic heterocycles. The molecule has 2 rings (SSSR count). The number of halogens is 2. The number of rotatable bonds is 7. The lowest BCUT2D eigenvalue weighted by molar-refractivity contribution is 0.106. The normalized spacial score (nSPS) is 12.1. The van der Waals surface area contributed by atoms with Gasteiger partial charge in [-0.1, -0.05) is 29.3 Å². The Morgan fingerprint density at radius 2 is 2.00 bits per heavy atom. The van der Waals surface area contributed by atoms with Crippen LogP contribution in [0.4, 0.5) is 0 Å². The van der Waals surface area contributed by atoms with Gasteiger partial charge in [0.1, 0.15) is 19.0 Å². The van der Waals surface area contributed by atoms with Crippen LogP contribution >= 0.6 is 23.2 Å². The smallest absolute Gasteiger partial charge is 0.156 e. The van der Waals surface area contributed by atoms with Crippen LogP contribution in [0.25, 0.3) is 0 Å². The highest BCUT2D eigenvalue weighted by Crippen LogP contribution is 2.32. The molecule has 1 atom stereocenters. The minimum atomic E-state index is -0.681. The molecule has 0 spiro atoms. The molecule has 0 amide bonds. The Kier molecular flexibility index (Phi) is 6.20. The van der Waals surface area contributed by atoms with Gasteiger partial charge >= 0.3 is 0 Å². The summed E-state index contributed by atoms with van der Waals surface area (Å²) in [6.45, 7) is 1.01. The van der Waals surface area contributed by atoms with E-state index in [1.54, 1.807) is 30.5 Å². The van der Waals surface area contributed by atoms with Crippen LogP contribution in [0.2, 0.25) is 10.0 Å². The molecule has 0 aliphatic carbocycles. The first-order valence-corrected chi connectivity index (χ1v) is 7.13. The monoisotopic (exact) mass is 327 g/mol. The van der Waals surface area contributed by atoms with Crippen LogP contribution in [-0.2, 0) is 6.54 Å². The first-order chi connectivity index (χ1) is 10.2. The van der Waals surface area contributed by atoms with Gasteiger partial charge in [0.05, 0.1) is 15.7 Å². The van der Waals surface area contributed by atoms with E-state index in [0.717, 1.165) is 5.69 Å². The Bertz CT molecular complexity index is 549. The number of ether oxygens (including phenoxy) is 1. The minimum absolute atomic E-state index is 0.0974. The molecule has 2 aromatic rings. The molecule has 5 nitrogen and oxygen atoms in total. The van der Waals surface area contributed by atoms with Crippen molar-refractivity contribution in [2.45, 2.75) is 12.6 Å². The maximum absolute atomic E-state index is 9.86. The molecule has 0 aliphatic rings. The van der Waals surface area contributed by atoms with Crippen molar-refractivity contribution in [3.8, 4) is 5.75 Å². The molecule has 1 aromatic carbocycles. The van der Waals surface area contributed by atoms with E-state index in [2.05, 4.69) is 15.3 Å². The lowest BCUT2D eigenvalue weighted by atomic mass is 10.3. The summed E-state index contributed by atoms with van der Waals surface area (Å²) in [5.41, 5.74) is 0.854. The lowest BCUT2D eigenvalue weighted by Gasteiger charge is -2.14. The summed E-state index contributed by atoms with van der Waals surface area (Å²) < 4.78 is 5.45. The molecule has 0 radical (unpaired) electrons. The van der Waals surface area contributed by atoms with Gasteiger partial charge in [0.25, 0.3) is 0 Å². The maximum Gasteiger partial charge on any atom is 0.156 e. The third-order valence-electron chi connectivity index (χ3n) is 2.67. The fourth-order valence-corrected chi connectivity index (χ4v) is 2.15. The van der Waals surface area contributed by atoms with E-state index < -0.39 is 6.10 Å². The second-order valence-electron chi connectivity index (χ2n) is 4.35. The Hall–Kier alpha value is -1.40. The van der Waals surface area contributed by atoms with E-state index in [9.17, 15) is 5.11 Å². The van der Waals surface area contributed by atoms with Gasteiger partial charge < -0.3 is 15.2 Å². The van der Waals surface area contributed by atoms with E-state index in [1.165, 1.54) is 6.33 Å². The van der Waals surface area contributed by atoms with Crippen LogP contribution in [0.1, 0.15) is 5.69 Å². The molecule has 0 fully saturated rings. The molecular weight excluding hydrogens is 313 g/mol. The third-order valence-corrected chi connectivity index (χ3v) is 3.26. The highest BCUT2D eigenvalue weighted by atomic mass is 35.5. The summed E-state index contributed by atoms with van der Waals surface area (Å²) in [4.78, 5) is 7.91. The number of benzene rings is 1. The predicted octanol–water partition coefficient (Wildman–Crippen LogP) is 2.31. The summed E-state index contributed by atoms with van der Waals surface area (Å²) in [6, 6.07) is 6.90. The average molecular weight is 328 g/mol. The van der Waals surface area contributed by atoms with E-state index >= 15 is 0 Å². The van der Waals surface area contributed by atoms with E-state index in [4.69, 9.17) is 27.9 Å². The van der Waals surface area contributed by atoms with Crippen LogP contribution in [-0.4, -0.2) is 34.3 Å². The lowest BCUT2D eigenvalue weighted by Crippen LogP contribution is -2.31. The minimum Gasteiger partial charge on any atom is -0.488 e. The third kappa shape index (κ3) is 5.13. The fraction of sp³-hybridized carbons (Fsp3) is 0.286. The van der Waals surface area contributed by atoms with Crippen molar-refractivity contribution in [1.82, 2.24) is 15.3 Å². The number of nitrogens with zero attached hydrogens (tertiary/aromatic N) is 2. The zero-order chi connectivity index (χ0) is 15.1. The molecule has 21 heavy (non-hydrogen) atoms. The molecule has 112 valence electrons. The fourth-order valence-electron chi connectivity index (χ4n) is 1.65. The average Bonchev–Trinajstić information content (AvgIpc) is 2.48. The van der Waals surface area contributed by atoms with Crippen molar-refractivity contribution in [3.05, 3.63) is 52.5 Å². The number of aliphatic hydroxyl groups excluding tert-OH is 1. The van der Waals surface area contributed by atoms with E-state index in [-0.39, 0.29) is 6.61 Å². The molecule has 1 heterocycles. The molecule has 7 heteroatoms. The van der Waals surface area contributed by atoms with Crippen LogP contribution in [0.5, 0.6) is 5.75 Å². The number of hydrogen-bond donors (Lipinski definition) is 2. The summed E-state index contributed by atoms with van der Waals surface area (Å²) in [7, 11) is 0. The SMILES string of the molecule is OC(CNCc1ccncn1)COc1c(Cl)cccc1Cl. The molecular formula is C14H15Cl2N3O2. The first-order valence-electron chi connectivity index (χ1n) is 6.37. The van der Waals surface area contributed by atoms with Gasteiger partial charge in [0, 0.05) is 19.3 Å². The molecule has 2 N–H and O–H groups in total. The number of aromatic nitrogens is 2. The largest absolute Gasteiger partial charge is 0.488 e. The topological polar surface area (TPSA) is 67.3 Å². The number of para-hydroxylation sites is 1. The maximum atomic E-state index is 9.86.